The van der Waals surface area contributed by atoms with E-state index >= 15 is 0 Å². The largest absolute Gasteiger partial charge is 0.494 e. The first-order chi connectivity index (χ1) is 11.1. The van der Waals surface area contributed by atoms with Crippen molar-refractivity contribution >= 4 is 34.4 Å². The number of anilines is 1. The third-order valence-corrected chi connectivity index (χ3v) is 4.08. The highest BCUT2D eigenvalue weighted by Gasteiger charge is 2.30. The average Bonchev–Trinajstić information content (AvgIpc) is 2.54. The predicted octanol–water partition coefficient (Wildman–Crippen LogP) is 2.19. The molecule has 1 aliphatic rings. The van der Waals surface area contributed by atoms with Crippen molar-refractivity contribution in [3.8, 4) is 5.75 Å². The van der Waals surface area contributed by atoms with Gasteiger partial charge in [-0.1, -0.05) is 17.8 Å². The van der Waals surface area contributed by atoms with Crippen molar-refractivity contribution in [3.63, 3.8) is 0 Å². The number of aliphatic imine (C=N–C) groups is 1. The second-order valence-electron chi connectivity index (χ2n) is 4.74. The van der Waals surface area contributed by atoms with Crippen molar-refractivity contribution in [2.75, 3.05) is 18.5 Å². The SMILES string of the molecule is C=CCN=C1NC(=O)C[C@@H](C(=O)Nc2ccc(OCC)cc2)S1. The lowest BCUT2D eigenvalue weighted by Gasteiger charge is -2.22. The Morgan fingerprint density at radius 2 is 2.26 bits per heavy atom. The molecule has 2 amide bonds. The van der Waals surface area contributed by atoms with Crippen LogP contribution in [0.3, 0.4) is 0 Å². The molecular weight excluding hydrogens is 314 g/mol. The molecule has 1 saturated heterocycles. The maximum absolute atomic E-state index is 12.3. The molecule has 23 heavy (non-hydrogen) atoms. The summed E-state index contributed by atoms with van der Waals surface area (Å²) < 4.78 is 5.35. The normalized spacial score (nSPS) is 19.1. The fourth-order valence-electron chi connectivity index (χ4n) is 1.94. The molecule has 0 aliphatic carbocycles. The molecular formula is C16H19N3O3S. The van der Waals surface area contributed by atoms with Gasteiger partial charge in [0.15, 0.2) is 5.17 Å². The number of ether oxygens (including phenoxy) is 1. The van der Waals surface area contributed by atoms with Gasteiger partial charge in [0.2, 0.25) is 11.8 Å². The number of amidine groups is 1. The van der Waals surface area contributed by atoms with Crippen LogP contribution in [0.4, 0.5) is 5.69 Å². The zero-order valence-corrected chi connectivity index (χ0v) is 13.7. The summed E-state index contributed by atoms with van der Waals surface area (Å²) in [5.41, 5.74) is 0.662. The summed E-state index contributed by atoms with van der Waals surface area (Å²) in [6.07, 6.45) is 1.75. The lowest BCUT2D eigenvalue weighted by atomic mass is 10.2. The minimum absolute atomic E-state index is 0.126. The van der Waals surface area contributed by atoms with Gasteiger partial charge in [0.05, 0.1) is 13.2 Å². The molecule has 1 aliphatic heterocycles. The van der Waals surface area contributed by atoms with E-state index in [1.165, 1.54) is 11.8 Å². The first-order valence-corrected chi connectivity index (χ1v) is 8.16. The summed E-state index contributed by atoms with van der Waals surface area (Å²) in [4.78, 5) is 28.2. The van der Waals surface area contributed by atoms with E-state index in [1.807, 2.05) is 6.92 Å². The van der Waals surface area contributed by atoms with Crippen LogP contribution in [0.1, 0.15) is 13.3 Å². The summed E-state index contributed by atoms with van der Waals surface area (Å²) in [6, 6.07) is 7.11. The number of rotatable bonds is 6. The summed E-state index contributed by atoms with van der Waals surface area (Å²) in [6.45, 7) is 6.47. The topological polar surface area (TPSA) is 79.8 Å². The third-order valence-electron chi connectivity index (χ3n) is 2.96. The Bertz CT molecular complexity index is 614. The Balaban J connectivity index is 1.98. The van der Waals surface area contributed by atoms with Gasteiger partial charge in [-0.2, -0.15) is 0 Å². The second-order valence-corrected chi connectivity index (χ2v) is 5.93. The first-order valence-electron chi connectivity index (χ1n) is 7.28. The van der Waals surface area contributed by atoms with Crippen molar-refractivity contribution in [2.24, 2.45) is 4.99 Å². The van der Waals surface area contributed by atoms with Crippen LogP contribution in [0.5, 0.6) is 5.75 Å². The number of benzene rings is 1. The van der Waals surface area contributed by atoms with Crippen LogP contribution >= 0.6 is 11.8 Å². The van der Waals surface area contributed by atoms with Crippen LogP contribution in [-0.4, -0.2) is 35.4 Å². The van der Waals surface area contributed by atoms with Crippen LogP contribution in [-0.2, 0) is 9.59 Å². The van der Waals surface area contributed by atoms with E-state index < -0.39 is 5.25 Å². The van der Waals surface area contributed by atoms with E-state index in [1.54, 1.807) is 30.3 Å². The molecule has 0 aromatic heterocycles. The Morgan fingerprint density at radius 1 is 1.52 bits per heavy atom. The van der Waals surface area contributed by atoms with E-state index in [4.69, 9.17) is 4.74 Å². The predicted molar refractivity (Wildman–Crippen MR) is 92.9 cm³/mol. The van der Waals surface area contributed by atoms with Crippen molar-refractivity contribution < 1.29 is 14.3 Å². The highest BCUT2D eigenvalue weighted by atomic mass is 32.2. The third kappa shape index (κ3) is 5.14. The van der Waals surface area contributed by atoms with Gasteiger partial charge in [-0.3, -0.25) is 14.6 Å². The average molecular weight is 333 g/mol. The van der Waals surface area contributed by atoms with Crippen molar-refractivity contribution in [1.82, 2.24) is 5.32 Å². The molecule has 1 atom stereocenters. The number of amides is 2. The zero-order valence-electron chi connectivity index (χ0n) is 12.9. The van der Waals surface area contributed by atoms with E-state index in [0.717, 1.165) is 5.75 Å². The number of nitrogens with one attached hydrogen (secondary N) is 2. The van der Waals surface area contributed by atoms with E-state index in [9.17, 15) is 9.59 Å². The molecule has 6 nitrogen and oxygen atoms in total. The Kier molecular flexibility index (Phi) is 6.22. The molecule has 0 spiro atoms. The van der Waals surface area contributed by atoms with Crippen LogP contribution < -0.4 is 15.4 Å². The molecule has 0 saturated carbocycles. The highest BCUT2D eigenvalue weighted by molar-refractivity contribution is 8.15. The molecule has 1 aromatic carbocycles. The Hall–Kier alpha value is -2.28. The summed E-state index contributed by atoms with van der Waals surface area (Å²) in [5, 5.41) is 5.41. The van der Waals surface area contributed by atoms with Gasteiger partial charge >= 0.3 is 0 Å². The number of carbonyl (C=O) groups is 2. The van der Waals surface area contributed by atoms with Crippen molar-refractivity contribution in [2.45, 2.75) is 18.6 Å². The van der Waals surface area contributed by atoms with Gasteiger partial charge in [-0.25, -0.2) is 0 Å². The number of hydrogen-bond acceptors (Lipinski definition) is 5. The zero-order chi connectivity index (χ0) is 16.7. The highest BCUT2D eigenvalue weighted by Crippen LogP contribution is 2.23. The molecule has 0 bridgehead atoms. The molecule has 2 rings (SSSR count). The van der Waals surface area contributed by atoms with E-state index in [0.29, 0.717) is 24.0 Å². The standard InChI is InChI=1S/C16H19N3O3S/c1-3-9-17-16-19-14(20)10-13(23-16)15(21)18-11-5-7-12(8-6-11)22-4-2/h3,5-8,13H,1,4,9-10H2,2H3,(H,18,21)(H,17,19,20)/t13-/m0/s1. The number of nitrogens with zero attached hydrogens (tertiary/aromatic N) is 1. The van der Waals surface area contributed by atoms with Crippen LogP contribution in [0, 0.1) is 0 Å². The molecule has 1 aromatic rings. The molecule has 1 fully saturated rings. The molecule has 0 unspecified atom stereocenters. The number of hydrogen-bond donors (Lipinski definition) is 2. The lowest BCUT2D eigenvalue weighted by molar-refractivity contribution is -0.123. The fraction of sp³-hybridized carbons (Fsp3) is 0.312. The fourth-order valence-corrected chi connectivity index (χ4v) is 2.93. The van der Waals surface area contributed by atoms with Crippen LogP contribution in [0.25, 0.3) is 0 Å². The second kappa shape index (κ2) is 8.38. The Morgan fingerprint density at radius 3 is 2.91 bits per heavy atom. The van der Waals surface area contributed by atoms with E-state index in [2.05, 4.69) is 22.2 Å². The van der Waals surface area contributed by atoms with Gasteiger partial charge in [-0.15, -0.1) is 6.58 Å². The van der Waals surface area contributed by atoms with Crippen LogP contribution in [0.15, 0.2) is 41.9 Å². The van der Waals surface area contributed by atoms with Crippen LogP contribution in [0.2, 0.25) is 0 Å². The first kappa shape index (κ1) is 17.1. The molecule has 7 heteroatoms. The molecule has 1 heterocycles. The van der Waals surface area contributed by atoms with Gasteiger partial charge < -0.3 is 15.4 Å². The monoisotopic (exact) mass is 333 g/mol. The minimum Gasteiger partial charge on any atom is -0.494 e. The van der Waals surface area contributed by atoms with Gasteiger partial charge in [0, 0.05) is 12.1 Å². The van der Waals surface area contributed by atoms with Crippen molar-refractivity contribution in [1.29, 1.82) is 0 Å². The maximum Gasteiger partial charge on any atom is 0.238 e. The smallest absolute Gasteiger partial charge is 0.238 e. The Labute approximate surface area is 139 Å². The van der Waals surface area contributed by atoms with E-state index in [-0.39, 0.29) is 18.2 Å². The minimum atomic E-state index is -0.501. The summed E-state index contributed by atoms with van der Waals surface area (Å²) in [5.74, 6) is 0.314. The van der Waals surface area contributed by atoms with Gasteiger partial charge in [-0.05, 0) is 31.2 Å². The number of thioether (sulfide) groups is 1. The molecule has 122 valence electrons. The van der Waals surface area contributed by atoms with Gasteiger partial charge in [0.25, 0.3) is 0 Å². The lowest BCUT2D eigenvalue weighted by Crippen LogP contribution is -2.42. The summed E-state index contributed by atoms with van der Waals surface area (Å²) in [7, 11) is 0. The molecule has 2 N–H and O–H groups in total. The summed E-state index contributed by atoms with van der Waals surface area (Å²) >= 11 is 1.25. The van der Waals surface area contributed by atoms with Gasteiger partial charge in [0.1, 0.15) is 11.0 Å². The molecule has 0 radical (unpaired) electrons. The van der Waals surface area contributed by atoms with Crippen molar-refractivity contribution in [3.05, 3.63) is 36.9 Å². The quantitative estimate of drug-likeness (QED) is 0.782. The maximum atomic E-state index is 12.3. The number of carbonyl (C=O) groups excluding carboxylic acids is 2.